The second-order valence-corrected chi connectivity index (χ2v) is 5.25. The molecule has 5 heteroatoms. The minimum Gasteiger partial charge on any atom is -0.320 e. The van der Waals surface area contributed by atoms with Crippen molar-refractivity contribution < 1.29 is 0 Å². The molecule has 1 fully saturated rings. The number of aromatic nitrogens is 2. The fraction of sp³-hybridized carbons (Fsp3) is 0.786. The summed E-state index contributed by atoms with van der Waals surface area (Å²) in [6, 6.07) is 2.15. The van der Waals surface area contributed by atoms with Crippen LogP contribution >= 0.6 is 12.4 Å². The molecule has 0 saturated carbocycles. The van der Waals surface area contributed by atoms with Crippen molar-refractivity contribution in [1.29, 1.82) is 0 Å². The molecule has 2 rings (SSSR count). The van der Waals surface area contributed by atoms with E-state index in [9.17, 15) is 0 Å². The van der Waals surface area contributed by atoms with Crippen LogP contribution in [0.4, 0.5) is 0 Å². The zero-order chi connectivity index (χ0) is 12.8. The van der Waals surface area contributed by atoms with Gasteiger partial charge in [-0.25, -0.2) is 0 Å². The van der Waals surface area contributed by atoms with Gasteiger partial charge >= 0.3 is 0 Å². The summed E-state index contributed by atoms with van der Waals surface area (Å²) in [5, 5.41) is 7.59. The molecule has 4 nitrogen and oxygen atoms in total. The lowest BCUT2D eigenvalue weighted by Crippen LogP contribution is -2.34. The summed E-state index contributed by atoms with van der Waals surface area (Å²) in [5.74, 6) is 0.921. The first-order valence-corrected chi connectivity index (χ1v) is 7.21. The third kappa shape index (κ3) is 4.79. The van der Waals surface area contributed by atoms with Crippen LogP contribution in [0.15, 0.2) is 12.3 Å². The molecule has 0 aromatic carbocycles. The first kappa shape index (κ1) is 16.5. The molecule has 1 aliphatic rings. The Balaban J connectivity index is 0.00000180. The van der Waals surface area contributed by atoms with Crippen LogP contribution in [0.3, 0.4) is 0 Å². The maximum atomic E-state index is 4.34. The number of aryl methyl sites for hydroxylation is 1. The number of nitrogens with one attached hydrogen (secondary N) is 1. The van der Waals surface area contributed by atoms with E-state index in [1.807, 2.05) is 13.2 Å². The van der Waals surface area contributed by atoms with Gasteiger partial charge in [-0.15, -0.1) is 12.4 Å². The van der Waals surface area contributed by atoms with Gasteiger partial charge < -0.3 is 5.32 Å². The monoisotopic (exact) mass is 286 g/mol. The highest BCUT2D eigenvalue weighted by Gasteiger charge is 2.19. The van der Waals surface area contributed by atoms with Crippen molar-refractivity contribution in [3.05, 3.63) is 18.0 Å². The number of hydrogen-bond acceptors (Lipinski definition) is 3. The predicted octanol–water partition coefficient (Wildman–Crippen LogP) is 2.15. The lowest BCUT2D eigenvalue weighted by molar-refractivity contribution is 0.168. The second-order valence-electron chi connectivity index (χ2n) is 5.25. The van der Waals surface area contributed by atoms with Crippen molar-refractivity contribution in [1.82, 2.24) is 20.0 Å². The van der Waals surface area contributed by atoms with Gasteiger partial charge in [0.2, 0.25) is 0 Å². The third-order valence-electron chi connectivity index (χ3n) is 4.00. The summed E-state index contributed by atoms with van der Waals surface area (Å²) in [7, 11) is 2.04. The van der Waals surface area contributed by atoms with E-state index >= 15 is 0 Å². The van der Waals surface area contributed by atoms with Crippen molar-refractivity contribution >= 4 is 12.4 Å². The lowest BCUT2D eigenvalue weighted by atomic mass is 9.93. The largest absolute Gasteiger partial charge is 0.320 e. The Morgan fingerprint density at radius 1 is 1.37 bits per heavy atom. The topological polar surface area (TPSA) is 33.1 Å². The van der Waals surface area contributed by atoms with Crippen LogP contribution in [0.5, 0.6) is 0 Å². The van der Waals surface area contributed by atoms with Gasteiger partial charge in [0.05, 0.1) is 5.69 Å². The molecule has 110 valence electrons. The molecule has 19 heavy (non-hydrogen) atoms. The van der Waals surface area contributed by atoms with Crippen molar-refractivity contribution in [2.45, 2.75) is 39.3 Å². The van der Waals surface area contributed by atoms with Crippen LogP contribution in [0, 0.1) is 5.92 Å². The molecular formula is C14H27ClN4. The van der Waals surface area contributed by atoms with E-state index in [-0.39, 0.29) is 12.4 Å². The third-order valence-corrected chi connectivity index (χ3v) is 4.00. The summed E-state index contributed by atoms with van der Waals surface area (Å²) in [6.45, 7) is 7.83. The second kappa shape index (κ2) is 8.56. The first-order valence-electron chi connectivity index (χ1n) is 7.21. The smallest absolute Gasteiger partial charge is 0.0524 e. The Labute approximate surface area is 123 Å². The minimum atomic E-state index is 0. The average Bonchev–Trinajstić information content (AvgIpc) is 2.85. The molecule has 1 aromatic heterocycles. The molecule has 1 saturated heterocycles. The van der Waals surface area contributed by atoms with Gasteiger partial charge in [-0.3, -0.25) is 9.58 Å². The van der Waals surface area contributed by atoms with Crippen LogP contribution in [0.1, 0.15) is 31.9 Å². The average molecular weight is 287 g/mol. The minimum absolute atomic E-state index is 0. The molecule has 1 aromatic rings. The number of piperidine rings is 1. The number of nitrogens with zero attached hydrogens (tertiary/aromatic N) is 3. The quantitative estimate of drug-likeness (QED) is 0.870. The zero-order valence-electron chi connectivity index (χ0n) is 12.1. The van der Waals surface area contributed by atoms with E-state index in [1.54, 1.807) is 0 Å². The highest BCUT2D eigenvalue weighted by atomic mass is 35.5. The molecule has 0 aliphatic carbocycles. The van der Waals surface area contributed by atoms with E-state index in [0.717, 1.165) is 25.6 Å². The highest BCUT2D eigenvalue weighted by molar-refractivity contribution is 5.85. The SMILES string of the molecule is CCn1nccc1CN1CCC(CCNC)CC1.Cl. The number of halogens is 1. The fourth-order valence-corrected chi connectivity index (χ4v) is 2.79. The lowest BCUT2D eigenvalue weighted by Gasteiger charge is -2.31. The molecule has 0 amide bonds. The van der Waals surface area contributed by atoms with Gasteiger partial charge in [0, 0.05) is 19.3 Å². The molecular weight excluding hydrogens is 260 g/mol. The zero-order valence-corrected chi connectivity index (χ0v) is 13.0. The van der Waals surface area contributed by atoms with Gasteiger partial charge in [0.1, 0.15) is 0 Å². The summed E-state index contributed by atoms with van der Waals surface area (Å²) >= 11 is 0. The number of hydrogen-bond donors (Lipinski definition) is 1. The van der Waals surface area contributed by atoms with Gasteiger partial charge in [-0.2, -0.15) is 5.10 Å². The molecule has 0 spiro atoms. The van der Waals surface area contributed by atoms with Crippen LogP contribution in [0.25, 0.3) is 0 Å². The van der Waals surface area contributed by atoms with Crippen molar-refractivity contribution in [3.8, 4) is 0 Å². The Kier molecular flexibility index (Phi) is 7.42. The fourth-order valence-electron chi connectivity index (χ4n) is 2.79. The summed E-state index contributed by atoms with van der Waals surface area (Å²) in [4.78, 5) is 2.57. The van der Waals surface area contributed by atoms with E-state index in [4.69, 9.17) is 0 Å². The molecule has 1 aliphatic heterocycles. The maximum absolute atomic E-state index is 4.34. The van der Waals surface area contributed by atoms with Crippen LogP contribution in [-0.2, 0) is 13.1 Å². The van der Waals surface area contributed by atoms with Crippen molar-refractivity contribution in [3.63, 3.8) is 0 Å². The summed E-state index contributed by atoms with van der Waals surface area (Å²) in [6.07, 6.45) is 5.94. The Morgan fingerprint density at radius 3 is 2.74 bits per heavy atom. The number of rotatable bonds is 6. The maximum Gasteiger partial charge on any atom is 0.0524 e. The van der Waals surface area contributed by atoms with Gasteiger partial charge in [0.15, 0.2) is 0 Å². The van der Waals surface area contributed by atoms with Crippen LogP contribution in [0.2, 0.25) is 0 Å². The normalized spacial score (nSPS) is 17.4. The van der Waals surface area contributed by atoms with Gasteiger partial charge in [-0.05, 0) is 64.9 Å². The molecule has 0 radical (unpaired) electrons. The summed E-state index contributed by atoms with van der Waals surface area (Å²) in [5.41, 5.74) is 1.35. The van der Waals surface area contributed by atoms with E-state index in [2.05, 4.69) is 33.0 Å². The van der Waals surface area contributed by atoms with Crippen LogP contribution in [-0.4, -0.2) is 41.4 Å². The van der Waals surface area contributed by atoms with Crippen molar-refractivity contribution in [2.24, 2.45) is 5.92 Å². The highest BCUT2D eigenvalue weighted by Crippen LogP contribution is 2.21. The van der Waals surface area contributed by atoms with E-state index in [1.165, 1.54) is 38.0 Å². The first-order chi connectivity index (χ1) is 8.83. The number of likely N-dealkylation sites (tertiary alicyclic amines) is 1. The predicted molar refractivity (Wildman–Crippen MR) is 81.7 cm³/mol. The molecule has 0 atom stereocenters. The van der Waals surface area contributed by atoms with Gasteiger partial charge in [0.25, 0.3) is 0 Å². The molecule has 1 N–H and O–H groups in total. The summed E-state index contributed by atoms with van der Waals surface area (Å²) < 4.78 is 2.10. The Bertz CT molecular complexity index is 345. The molecule has 0 bridgehead atoms. The van der Waals surface area contributed by atoms with Gasteiger partial charge in [-0.1, -0.05) is 0 Å². The van der Waals surface area contributed by atoms with Crippen LogP contribution < -0.4 is 5.32 Å². The molecule has 0 unspecified atom stereocenters. The standard InChI is InChI=1S/C14H26N4.ClH/c1-3-18-14(5-9-16-18)12-17-10-6-13(7-11-17)4-8-15-2;/h5,9,13,15H,3-4,6-8,10-12H2,1-2H3;1H. The molecule has 2 heterocycles. The van der Waals surface area contributed by atoms with E-state index in [0.29, 0.717) is 0 Å². The Hall–Kier alpha value is -0.580. The Morgan fingerprint density at radius 2 is 2.11 bits per heavy atom. The van der Waals surface area contributed by atoms with E-state index < -0.39 is 0 Å². The van der Waals surface area contributed by atoms with Crippen molar-refractivity contribution in [2.75, 3.05) is 26.7 Å².